The van der Waals surface area contributed by atoms with Gasteiger partial charge in [0.2, 0.25) is 5.91 Å². The minimum Gasteiger partial charge on any atom is -0.334 e. The van der Waals surface area contributed by atoms with Crippen LogP contribution in [0.3, 0.4) is 0 Å². The van der Waals surface area contributed by atoms with Crippen molar-refractivity contribution in [2.45, 2.75) is 37.6 Å². The van der Waals surface area contributed by atoms with Crippen molar-refractivity contribution in [1.82, 2.24) is 4.90 Å². The SMILES string of the molecule is C=CCC1CC(c2cccc(Cl)c2)C(c2ccc(Cl)s2)N(CC2CC2)C1=O. The molecule has 4 rings (SSSR count). The van der Waals surface area contributed by atoms with Gasteiger partial charge in [0.25, 0.3) is 0 Å². The molecule has 142 valence electrons. The topological polar surface area (TPSA) is 20.3 Å². The molecule has 3 unspecified atom stereocenters. The first kappa shape index (κ1) is 19.0. The highest BCUT2D eigenvalue weighted by atomic mass is 35.5. The zero-order valence-electron chi connectivity index (χ0n) is 15.1. The smallest absolute Gasteiger partial charge is 0.226 e. The maximum absolute atomic E-state index is 13.3. The van der Waals surface area contributed by atoms with E-state index in [2.05, 4.69) is 23.6 Å². The van der Waals surface area contributed by atoms with Gasteiger partial charge in [-0.05, 0) is 61.4 Å². The highest BCUT2D eigenvalue weighted by Gasteiger charge is 2.44. The van der Waals surface area contributed by atoms with Crippen LogP contribution < -0.4 is 0 Å². The number of carbonyl (C=O) groups excluding carboxylic acids is 1. The van der Waals surface area contributed by atoms with Crippen molar-refractivity contribution >= 4 is 40.4 Å². The molecule has 2 nitrogen and oxygen atoms in total. The van der Waals surface area contributed by atoms with E-state index in [0.29, 0.717) is 5.92 Å². The van der Waals surface area contributed by atoms with Crippen LogP contribution in [0.15, 0.2) is 49.1 Å². The van der Waals surface area contributed by atoms with Gasteiger partial charge >= 0.3 is 0 Å². The highest BCUT2D eigenvalue weighted by molar-refractivity contribution is 7.16. The van der Waals surface area contributed by atoms with Crippen LogP contribution in [0.5, 0.6) is 0 Å². The van der Waals surface area contributed by atoms with Crippen LogP contribution in [-0.2, 0) is 4.79 Å². The maximum atomic E-state index is 13.3. The van der Waals surface area contributed by atoms with Gasteiger partial charge in [-0.15, -0.1) is 17.9 Å². The van der Waals surface area contributed by atoms with Gasteiger partial charge < -0.3 is 4.90 Å². The molecule has 1 saturated heterocycles. The van der Waals surface area contributed by atoms with E-state index in [4.69, 9.17) is 23.2 Å². The average Bonchev–Trinajstić information content (AvgIpc) is 3.37. The Morgan fingerprint density at radius 3 is 2.67 bits per heavy atom. The number of allylic oxidation sites excluding steroid dienone is 1. The quantitative estimate of drug-likeness (QED) is 0.476. The molecule has 1 aromatic heterocycles. The molecule has 0 radical (unpaired) electrons. The molecule has 1 aliphatic carbocycles. The summed E-state index contributed by atoms with van der Waals surface area (Å²) in [6.45, 7) is 4.71. The zero-order chi connectivity index (χ0) is 19.0. The van der Waals surface area contributed by atoms with E-state index >= 15 is 0 Å². The largest absolute Gasteiger partial charge is 0.334 e. The fourth-order valence-electron chi connectivity index (χ4n) is 4.20. The fraction of sp³-hybridized carbons (Fsp3) is 0.409. The maximum Gasteiger partial charge on any atom is 0.226 e. The molecule has 2 aromatic rings. The van der Waals surface area contributed by atoms with Gasteiger partial charge in [-0.2, -0.15) is 0 Å². The Bertz CT molecular complexity index is 844. The summed E-state index contributed by atoms with van der Waals surface area (Å²) in [6.07, 6.45) is 5.84. The van der Waals surface area contributed by atoms with Crippen molar-refractivity contribution in [2.24, 2.45) is 11.8 Å². The molecule has 1 aliphatic heterocycles. The molecule has 1 amide bonds. The lowest BCUT2D eigenvalue weighted by Crippen LogP contribution is -2.47. The molecule has 0 N–H and O–H groups in total. The summed E-state index contributed by atoms with van der Waals surface area (Å²) in [5, 5.41) is 0.737. The second kappa shape index (κ2) is 7.98. The Kier molecular flexibility index (Phi) is 5.63. The first-order valence-corrected chi connectivity index (χ1v) is 11.1. The van der Waals surface area contributed by atoms with Crippen LogP contribution in [0.2, 0.25) is 9.36 Å². The van der Waals surface area contributed by atoms with Gasteiger partial charge in [-0.25, -0.2) is 0 Å². The number of halogens is 2. The van der Waals surface area contributed by atoms with Crippen LogP contribution in [0.1, 0.15) is 48.1 Å². The highest BCUT2D eigenvalue weighted by Crippen LogP contribution is 2.49. The molecular formula is C22H23Cl2NOS. The normalized spacial score (nSPS) is 25.6. The molecule has 3 atom stereocenters. The lowest BCUT2D eigenvalue weighted by atomic mass is 9.76. The van der Waals surface area contributed by atoms with E-state index in [1.54, 1.807) is 11.3 Å². The van der Waals surface area contributed by atoms with E-state index in [9.17, 15) is 4.79 Å². The number of benzene rings is 1. The number of amides is 1. The lowest BCUT2D eigenvalue weighted by Gasteiger charge is -2.44. The third kappa shape index (κ3) is 4.11. The molecule has 5 heteroatoms. The first-order valence-electron chi connectivity index (χ1n) is 9.49. The van der Waals surface area contributed by atoms with Crippen molar-refractivity contribution in [1.29, 1.82) is 0 Å². The van der Waals surface area contributed by atoms with E-state index < -0.39 is 0 Å². The zero-order valence-corrected chi connectivity index (χ0v) is 17.4. The van der Waals surface area contributed by atoms with Crippen LogP contribution in [0.25, 0.3) is 0 Å². The summed E-state index contributed by atoms with van der Waals surface area (Å²) in [5.74, 6) is 1.08. The third-order valence-corrected chi connectivity index (χ3v) is 7.19. The predicted octanol–water partition coefficient (Wildman–Crippen LogP) is 6.71. The Balaban J connectivity index is 1.78. The standard InChI is InChI=1S/C22H23Cl2NOS/c1-2-4-16-12-18(15-5-3-6-17(23)11-15)21(19-9-10-20(24)27-19)25(22(16)26)13-14-7-8-14/h2-3,5-6,9-11,14,16,18,21H,1,4,7-8,12-13H2. The number of rotatable bonds is 6. The second-order valence-electron chi connectivity index (χ2n) is 7.64. The second-order valence-corrected chi connectivity index (χ2v) is 9.82. The van der Waals surface area contributed by atoms with Gasteiger partial charge in [0.05, 0.1) is 10.4 Å². The summed E-state index contributed by atoms with van der Waals surface area (Å²) in [5.41, 5.74) is 1.19. The van der Waals surface area contributed by atoms with Crippen LogP contribution in [0.4, 0.5) is 0 Å². The van der Waals surface area contributed by atoms with E-state index in [1.165, 1.54) is 18.4 Å². The molecule has 2 heterocycles. The molecule has 2 fully saturated rings. The first-order chi connectivity index (χ1) is 13.1. The molecule has 1 saturated carbocycles. The number of hydrogen-bond acceptors (Lipinski definition) is 2. The van der Waals surface area contributed by atoms with Crippen LogP contribution in [-0.4, -0.2) is 17.4 Å². The summed E-state index contributed by atoms with van der Waals surface area (Å²) < 4.78 is 0.766. The molecule has 0 spiro atoms. The van der Waals surface area contributed by atoms with E-state index in [1.807, 2.05) is 30.3 Å². The number of piperidine rings is 1. The monoisotopic (exact) mass is 419 g/mol. The average molecular weight is 420 g/mol. The number of thiophene rings is 1. The summed E-state index contributed by atoms with van der Waals surface area (Å²) in [6, 6.07) is 12.1. The van der Waals surface area contributed by atoms with Crippen molar-refractivity contribution < 1.29 is 4.79 Å². The number of hydrogen-bond donors (Lipinski definition) is 0. The minimum atomic E-state index is -0.0167. The lowest BCUT2D eigenvalue weighted by molar-refractivity contribution is -0.143. The molecule has 27 heavy (non-hydrogen) atoms. The van der Waals surface area contributed by atoms with E-state index in [-0.39, 0.29) is 23.8 Å². The van der Waals surface area contributed by atoms with Gasteiger partial charge in [0.15, 0.2) is 0 Å². The molecular weight excluding hydrogens is 397 g/mol. The van der Waals surface area contributed by atoms with Crippen LogP contribution in [0, 0.1) is 11.8 Å². The summed E-state index contributed by atoms with van der Waals surface area (Å²) in [7, 11) is 0. The van der Waals surface area contributed by atoms with Gasteiger partial charge in [0.1, 0.15) is 0 Å². The Hall–Kier alpha value is -1.29. The van der Waals surface area contributed by atoms with Gasteiger partial charge in [-0.1, -0.05) is 41.4 Å². The summed E-state index contributed by atoms with van der Waals surface area (Å²) >= 11 is 14.1. The van der Waals surface area contributed by atoms with Gasteiger partial charge in [0, 0.05) is 28.3 Å². The van der Waals surface area contributed by atoms with Crippen molar-refractivity contribution in [3.63, 3.8) is 0 Å². The van der Waals surface area contributed by atoms with Crippen molar-refractivity contribution in [2.75, 3.05) is 6.54 Å². The fourth-order valence-corrected chi connectivity index (χ4v) is 5.64. The number of nitrogens with zero attached hydrogens (tertiary/aromatic N) is 1. The Morgan fingerprint density at radius 2 is 2.04 bits per heavy atom. The third-order valence-electron chi connectivity index (χ3n) is 5.65. The molecule has 0 bridgehead atoms. The van der Waals surface area contributed by atoms with Crippen LogP contribution >= 0.6 is 34.5 Å². The van der Waals surface area contributed by atoms with Crippen molar-refractivity contribution in [3.8, 4) is 0 Å². The number of carbonyl (C=O) groups is 1. The summed E-state index contributed by atoms with van der Waals surface area (Å²) in [4.78, 5) is 16.6. The Labute approximate surface area is 174 Å². The predicted molar refractivity (Wildman–Crippen MR) is 114 cm³/mol. The number of likely N-dealkylation sites (tertiary alicyclic amines) is 1. The Morgan fingerprint density at radius 1 is 1.22 bits per heavy atom. The van der Waals surface area contributed by atoms with Gasteiger partial charge in [-0.3, -0.25) is 4.79 Å². The van der Waals surface area contributed by atoms with Crippen molar-refractivity contribution in [3.05, 3.63) is 68.9 Å². The minimum absolute atomic E-state index is 0.0167. The van der Waals surface area contributed by atoms with E-state index in [0.717, 1.165) is 33.6 Å². The molecule has 2 aliphatic rings. The molecule has 1 aromatic carbocycles.